The van der Waals surface area contributed by atoms with Gasteiger partial charge in [-0.1, -0.05) is 0 Å². The fourth-order valence-corrected chi connectivity index (χ4v) is 1.85. The van der Waals surface area contributed by atoms with Crippen LogP contribution in [0, 0.1) is 17.0 Å². The van der Waals surface area contributed by atoms with E-state index in [1.807, 2.05) is 12.1 Å². The van der Waals surface area contributed by atoms with Crippen LogP contribution in [0.2, 0.25) is 0 Å². The van der Waals surface area contributed by atoms with E-state index < -0.39 is 4.92 Å². The third-order valence-corrected chi connectivity index (χ3v) is 2.83. The van der Waals surface area contributed by atoms with Crippen molar-refractivity contribution in [1.82, 2.24) is 15.0 Å². The predicted molar refractivity (Wildman–Crippen MR) is 77.7 cm³/mol. The molecule has 0 saturated heterocycles. The van der Waals surface area contributed by atoms with Crippen molar-refractivity contribution in [2.24, 2.45) is 5.84 Å². The first-order valence-corrected chi connectivity index (χ1v) is 6.24. The Labute approximate surface area is 120 Å². The number of rotatable bonds is 6. The van der Waals surface area contributed by atoms with E-state index in [-0.39, 0.29) is 23.1 Å². The third-order valence-electron chi connectivity index (χ3n) is 2.83. The number of anilines is 2. The van der Waals surface area contributed by atoms with Gasteiger partial charge in [0.1, 0.15) is 5.69 Å². The van der Waals surface area contributed by atoms with Gasteiger partial charge in [0.25, 0.3) is 0 Å². The molecule has 9 heteroatoms. The van der Waals surface area contributed by atoms with Crippen molar-refractivity contribution in [3.8, 4) is 0 Å². The van der Waals surface area contributed by atoms with Crippen LogP contribution >= 0.6 is 0 Å². The highest BCUT2D eigenvalue weighted by Gasteiger charge is 2.21. The number of hydrazine groups is 1. The van der Waals surface area contributed by atoms with Gasteiger partial charge in [-0.3, -0.25) is 20.5 Å². The molecule has 2 aromatic heterocycles. The van der Waals surface area contributed by atoms with E-state index in [1.54, 1.807) is 12.4 Å². The van der Waals surface area contributed by atoms with Crippen molar-refractivity contribution < 1.29 is 4.92 Å². The molecule has 110 valence electrons. The number of aryl methyl sites for hydroxylation is 1. The lowest BCUT2D eigenvalue weighted by Gasteiger charge is -2.09. The van der Waals surface area contributed by atoms with Gasteiger partial charge in [-0.25, -0.2) is 10.8 Å². The fourth-order valence-electron chi connectivity index (χ4n) is 1.85. The maximum Gasteiger partial charge on any atom is 0.332 e. The summed E-state index contributed by atoms with van der Waals surface area (Å²) in [5.74, 6) is 5.53. The van der Waals surface area contributed by atoms with Crippen LogP contribution in [-0.2, 0) is 6.42 Å². The molecular weight excluding hydrogens is 274 g/mol. The minimum absolute atomic E-state index is 0.129. The summed E-state index contributed by atoms with van der Waals surface area (Å²) in [6, 6.07) is 3.77. The summed E-state index contributed by atoms with van der Waals surface area (Å²) in [7, 11) is 0. The van der Waals surface area contributed by atoms with Crippen molar-refractivity contribution in [3.05, 3.63) is 45.9 Å². The van der Waals surface area contributed by atoms with Crippen molar-refractivity contribution >= 4 is 17.5 Å². The van der Waals surface area contributed by atoms with Gasteiger partial charge in [-0.15, -0.1) is 0 Å². The Morgan fingerprint density at radius 1 is 1.33 bits per heavy atom. The van der Waals surface area contributed by atoms with Gasteiger partial charge in [0.15, 0.2) is 0 Å². The summed E-state index contributed by atoms with van der Waals surface area (Å²) in [4.78, 5) is 22.4. The molecule has 0 spiro atoms. The van der Waals surface area contributed by atoms with Crippen molar-refractivity contribution in [1.29, 1.82) is 0 Å². The first kappa shape index (κ1) is 14.6. The van der Waals surface area contributed by atoms with Crippen molar-refractivity contribution in [3.63, 3.8) is 0 Å². The quantitative estimate of drug-likeness (QED) is 0.408. The predicted octanol–water partition coefficient (Wildman–Crippen LogP) is 1.03. The van der Waals surface area contributed by atoms with Crippen molar-refractivity contribution in [2.75, 3.05) is 17.3 Å². The molecule has 0 unspecified atom stereocenters. The summed E-state index contributed by atoms with van der Waals surface area (Å²) in [5.41, 5.74) is 3.46. The summed E-state index contributed by atoms with van der Waals surface area (Å²) in [6.45, 7) is 2.03. The molecule has 2 heterocycles. The molecule has 0 atom stereocenters. The Morgan fingerprint density at radius 2 is 2.05 bits per heavy atom. The molecule has 0 aliphatic rings. The maximum atomic E-state index is 11.1. The molecule has 2 aromatic rings. The van der Waals surface area contributed by atoms with Crippen LogP contribution < -0.4 is 16.6 Å². The normalized spacial score (nSPS) is 10.2. The zero-order chi connectivity index (χ0) is 15.2. The molecule has 0 fully saturated rings. The van der Waals surface area contributed by atoms with Gasteiger partial charge >= 0.3 is 5.69 Å². The first-order chi connectivity index (χ1) is 10.1. The van der Waals surface area contributed by atoms with E-state index in [0.717, 1.165) is 5.56 Å². The van der Waals surface area contributed by atoms with E-state index in [0.29, 0.717) is 13.0 Å². The maximum absolute atomic E-state index is 11.1. The zero-order valence-corrected chi connectivity index (χ0v) is 11.4. The van der Waals surface area contributed by atoms with E-state index in [2.05, 4.69) is 25.7 Å². The molecular formula is C12H15N7O2. The summed E-state index contributed by atoms with van der Waals surface area (Å²) < 4.78 is 0. The Morgan fingerprint density at radius 3 is 2.67 bits per heavy atom. The molecule has 0 aliphatic heterocycles. The second-order valence-electron chi connectivity index (χ2n) is 4.26. The van der Waals surface area contributed by atoms with Gasteiger partial charge in [0.2, 0.25) is 11.8 Å². The smallest absolute Gasteiger partial charge is 0.332 e. The van der Waals surface area contributed by atoms with Crippen LogP contribution in [0.3, 0.4) is 0 Å². The number of nitrogens with zero attached hydrogens (tertiary/aromatic N) is 4. The molecule has 0 aromatic carbocycles. The van der Waals surface area contributed by atoms with E-state index in [4.69, 9.17) is 5.84 Å². The molecule has 0 saturated carbocycles. The van der Waals surface area contributed by atoms with E-state index in [9.17, 15) is 10.1 Å². The van der Waals surface area contributed by atoms with E-state index >= 15 is 0 Å². The number of pyridine rings is 1. The highest BCUT2D eigenvalue weighted by molar-refractivity contribution is 5.60. The van der Waals surface area contributed by atoms with Crippen LogP contribution in [-0.4, -0.2) is 26.4 Å². The van der Waals surface area contributed by atoms with Gasteiger partial charge in [0.05, 0.1) is 4.92 Å². The van der Waals surface area contributed by atoms with Crippen molar-refractivity contribution in [2.45, 2.75) is 13.3 Å². The highest BCUT2D eigenvalue weighted by atomic mass is 16.6. The number of aromatic nitrogens is 3. The van der Waals surface area contributed by atoms with Gasteiger partial charge in [-0.05, 0) is 31.0 Å². The molecule has 2 rings (SSSR count). The Bertz CT molecular complexity index is 633. The topological polar surface area (TPSA) is 132 Å². The highest BCUT2D eigenvalue weighted by Crippen LogP contribution is 2.26. The minimum atomic E-state index is -0.510. The lowest BCUT2D eigenvalue weighted by Crippen LogP contribution is -2.15. The Hall–Kier alpha value is -2.81. The Kier molecular flexibility index (Phi) is 4.57. The second kappa shape index (κ2) is 6.57. The number of hydrogen-bond acceptors (Lipinski definition) is 8. The van der Waals surface area contributed by atoms with Crippen LogP contribution in [0.4, 0.5) is 17.5 Å². The van der Waals surface area contributed by atoms with Crippen LogP contribution in [0.15, 0.2) is 24.5 Å². The summed E-state index contributed by atoms with van der Waals surface area (Å²) in [5, 5.41) is 14.1. The number of nitro groups is 1. The molecule has 0 amide bonds. The summed E-state index contributed by atoms with van der Waals surface area (Å²) in [6.07, 6.45) is 4.08. The lowest BCUT2D eigenvalue weighted by molar-refractivity contribution is -0.385. The van der Waals surface area contributed by atoms with Crippen LogP contribution in [0.25, 0.3) is 0 Å². The SMILES string of the molecule is Cc1nc(NN)nc(NCCc2ccncc2)c1[N+](=O)[O-]. The largest absolute Gasteiger partial charge is 0.364 e. The standard InChI is InChI=1S/C12H15N7O2/c1-8-10(19(20)21)11(17-12(16-8)18-13)15-7-4-9-2-5-14-6-3-9/h2-3,5-6H,4,7,13H2,1H3,(H2,15,16,17,18). The zero-order valence-electron chi connectivity index (χ0n) is 11.4. The third kappa shape index (κ3) is 3.60. The number of nitrogen functional groups attached to an aromatic ring is 1. The molecule has 0 bridgehead atoms. The fraction of sp³-hybridized carbons (Fsp3) is 0.250. The van der Waals surface area contributed by atoms with Gasteiger partial charge in [0, 0.05) is 18.9 Å². The molecule has 4 N–H and O–H groups in total. The lowest BCUT2D eigenvalue weighted by atomic mass is 10.2. The molecule has 21 heavy (non-hydrogen) atoms. The molecule has 9 nitrogen and oxygen atoms in total. The van der Waals surface area contributed by atoms with E-state index in [1.165, 1.54) is 6.92 Å². The number of hydrogen-bond donors (Lipinski definition) is 3. The number of nitrogens with two attached hydrogens (primary N) is 1. The monoisotopic (exact) mass is 289 g/mol. The van der Waals surface area contributed by atoms with Gasteiger partial charge in [-0.2, -0.15) is 4.98 Å². The average Bonchev–Trinajstić information content (AvgIpc) is 2.47. The van der Waals surface area contributed by atoms with Crippen LogP contribution in [0.1, 0.15) is 11.3 Å². The first-order valence-electron chi connectivity index (χ1n) is 6.24. The molecule has 0 radical (unpaired) electrons. The summed E-state index contributed by atoms with van der Waals surface area (Å²) >= 11 is 0. The average molecular weight is 289 g/mol. The van der Waals surface area contributed by atoms with Crippen LogP contribution in [0.5, 0.6) is 0 Å². The number of nitrogens with one attached hydrogen (secondary N) is 2. The van der Waals surface area contributed by atoms with Gasteiger partial charge < -0.3 is 5.32 Å². The minimum Gasteiger partial charge on any atom is -0.364 e. The molecule has 0 aliphatic carbocycles. The second-order valence-corrected chi connectivity index (χ2v) is 4.26. The Balaban J connectivity index is 2.14.